The fraction of sp³-hybridized carbons (Fsp3) is 0.357. The summed E-state index contributed by atoms with van der Waals surface area (Å²) in [5.74, 6) is 0. The Morgan fingerprint density at radius 1 is 1.24 bits per heavy atom. The molecule has 3 heteroatoms. The van der Waals surface area contributed by atoms with E-state index in [9.17, 15) is 5.11 Å². The molecule has 17 heavy (non-hydrogen) atoms. The predicted molar refractivity (Wildman–Crippen MR) is 67.8 cm³/mol. The highest BCUT2D eigenvalue weighted by molar-refractivity contribution is 5.26. The van der Waals surface area contributed by atoms with Gasteiger partial charge in [0.15, 0.2) is 0 Å². The lowest BCUT2D eigenvalue weighted by Crippen LogP contribution is -2.15. The minimum Gasteiger partial charge on any atom is -0.392 e. The fourth-order valence-corrected chi connectivity index (χ4v) is 1.98. The van der Waals surface area contributed by atoms with Gasteiger partial charge in [-0.05, 0) is 30.5 Å². The van der Waals surface area contributed by atoms with E-state index in [-0.39, 0.29) is 6.10 Å². The van der Waals surface area contributed by atoms with Gasteiger partial charge in [-0.3, -0.25) is 4.68 Å². The molecule has 0 aliphatic rings. The summed E-state index contributed by atoms with van der Waals surface area (Å²) in [7, 11) is 1.89. The zero-order valence-electron chi connectivity index (χ0n) is 10.3. The molecule has 3 nitrogen and oxygen atoms in total. The van der Waals surface area contributed by atoms with Crippen molar-refractivity contribution in [2.24, 2.45) is 7.05 Å². The molecule has 0 saturated carbocycles. The van der Waals surface area contributed by atoms with E-state index in [1.807, 2.05) is 31.4 Å². The highest BCUT2D eigenvalue weighted by Crippen LogP contribution is 2.11. The van der Waals surface area contributed by atoms with Gasteiger partial charge in [-0.15, -0.1) is 0 Å². The molecule has 1 aromatic carbocycles. The van der Waals surface area contributed by atoms with Crippen LogP contribution in [0, 0.1) is 6.92 Å². The van der Waals surface area contributed by atoms with Gasteiger partial charge in [0.1, 0.15) is 0 Å². The summed E-state index contributed by atoms with van der Waals surface area (Å²) in [5, 5.41) is 14.3. The van der Waals surface area contributed by atoms with E-state index in [0.29, 0.717) is 12.8 Å². The van der Waals surface area contributed by atoms with Crippen LogP contribution in [0.5, 0.6) is 0 Å². The maximum Gasteiger partial charge on any atom is 0.0650 e. The normalized spacial score (nSPS) is 12.6. The molecule has 0 fully saturated rings. The summed E-state index contributed by atoms with van der Waals surface area (Å²) in [6.45, 7) is 2.07. The monoisotopic (exact) mass is 230 g/mol. The zero-order chi connectivity index (χ0) is 12.3. The van der Waals surface area contributed by atoms with Crippen LogP contribution in [0.4, 0.5) is 0 Å². The van der Waals surface area contributed by atoms with Crippen molar-refractivity contribution >= 4 is 0 Å². The van der Waals surface area contributed by atoms with Crippen molar-refractivity contribution in [1.82, 2.24) is 9.78 Å². The predicted octanol–water partition coefficient (Wildman–Crippen LogP) is 1.87. The van der Waals surface area contributed by atoms with E-state index in [1.54, 1.807) is 4.68 Å². The largest absolute Gasteiger partial charge is 0.392 e. The van der Waals surface area contributed by atoms with Crippen LogP contribution >= 0.6 is 0 Å². The molecule has 2 aromatic rings. The minimum atomic E-state index is -0.369. The number of hydrogen-bond donors (Lipinski definition) is 1. The molecule has 0 radical (unpaired) electrons. The first kappa shape index (κ1) is 11.9. The average Bonchev–Trinajstić information content (AvgIpc) is 2.67. The molecule has 1 aromatic heterocycles. The number of benzene rings is 1. The Labute approximate surface area is 102 Å². The second kappa shape index (κ2) is 5.15. The Kier molecular flexibility index (Phi) is 3.59. The maximum absolute atomic E-state index is 10.0. The molecule has 0 aliphatic carbocycles. The van der Waals surface area contributed by atoms with E-state index in [0.717, 1.165) is 5.69 Å². The molecule has 2 rings (SSSR count). The van der Waals surface area contributed by atoms with Gasteiger partial charge < -0.3 is 5.11 Å². The van der Waals surface area contributed by atoms with Crippen molar-refractivity contribution < 1.29 is 5.11 Å². The summed E-state index contributed by atoms with van der Waals surface area (Å²) in [6, 6.07) is 10.1. The van der Waals surface area contributed by atoms with E-state index >= 15 is 0 Å². The van der Waals surface area contributed by atoms with Crippen LogP contribution in [0.1, 0.15) is 16.8 Å². The van der Waals surface area contributed by atoms with E-state index in [1.165, 1.54) is 11.1 Å². The van der Waals surface area contributed by atoms with Crippen molar-refractivity contribution in [2.75, 3.05) is 0 Å². The lowest BCUT2D eigenvalue weighted by atomic mass is 10.0. The highest BCUT2D eigenvalue weighted by atomic mass is 16.3. The second-order valence-electron chi connectivity index (χ2n) is 4.47. The van der Waals surface area contributed by atoms with Gasteiger partial charge in [-0.1, -0.05) is 24.3 Å². The van der Waals surface area contributed by atoms with Gasteiger partial charge >= 0.3 is 0 Å². The molecule has 1 unspecified atom stereocenters. The van der Waals surface area contributed by atoms with Crippen molar-refractivity contribution in [3.63, 3.8) is 0 Å². The van der Waals surface area contributed by atoms with Crippen LogP contribution < -0.4 is 0 Å². The molecular formula is C14H18N2O. The topological polar surface area (TPSA) is 38.0 Å². The molecule has 90 valence electrons. The number of aromatic nitrogens is 2. The molecule has 0 amide bonds. The minimum absolute atomic E-state index is 0.369. The third-order valence-corrected chi connectivity index (χ3v) is 2.93. The number of aliphatic hydroxyl groups excluding tert-OH is 1. The van der Waals surface area contributed by atoms with Crippen LogP contribution in [0.3, 0.4) is 0 Å². The average molecular weight is 230 g/mol. The first-order valence-electron chi connectivity index (χ1n) is 5.86. The van der Waals surface area contributed by atoms with Crippen LogP contribution in [0.25, 0.3) is 0 Å². The van der Waals surface area contributed by atoms with Crippen molar-refractivity contribution in [1.29, 1.82) is 0 Å². The van der Waals surface area contributed by atoms with Crippen LogP contribution in [-0.2, 0) is 19.9 Å². The van der Waals surface area contributed by atoms with Crippen LogP contribution in [-0.4, -0.2) is 21.0 Å². The van der Waals surface area contributed by atoms with Crippen molar-refractivity contribution in [2.45, 2.75) is 25.9 Å². The molecule has 0 spiro atoms. The third-order valence-electron chi connectivity index (χ3n) is 2.93. The molecule has 0 aliphatic heterocycles. The first-order chi connectivity index (χ1) is 8.15. The Morgan fingerprint density at radius 3 is 2.65 bits per heavy atom. The van der Waals surface area contributed by atoms with E-state index < -0.39 is 0 Å². The Morgan fingerprint density at radius 2 is 2.00 bits per heavy atom. The van der Waals surface area contributed by atoms with Gasteiger partial charge in [0.05, 0.1) is 11.8 Å². The lowest BCUT2D eigenvalue weighted by molar-refractivity contribution is 0.174. The third kappa shape index (κ3) is 3.17. The molecule has 1 N–H and O–H groups in total. The zero-order valence-corrected chi connectivity index (χ0v) is 10.3. The van der Waals surface area contributed by atoms with Crippen molar-refractivity contribution in [3.05, 3.63) is 53.3 Å². The molecule has 0 bridgehead atoms. The number of aliphatic hydroxyl groups is 1. The van der Waals surface area contributed by atoms with Gasteiger partial charge in [0, 0.05) is 19.7 Å². The summed E-state index contributed by atoms with van der Waals surface area (Å²) in [4.78, 5) is 0. The quantitative estimate of drug-likeness (QED) is 0.870. The molecule has 0 saturated heterocycles. The Bertz CT molecular complexity index is 490. The summed E-state index contributed by atoms with van der Waals surface area (Å²) < 4.78 is 1.76. The number of rotatable bonds is 4. The Balaban J connectivity index is 1.98. The molecular weight excluding hydrogens is 212 g/mol. The summed E-state index contributed by atoms with van der Waals surface area (Å²) >= 11 is 0. The summed E-state index contributed by atoms with van der Waals surface area (Å²) in [6.07, 6.45) is 2.82. The number of hydrogen-bond acceptors (Lipinski definition) is 2. The van der Waals surface area contributed by atoms with E-state index in [2.05, 4.69) is 24.2 Å². The Hall–Kier alpha value is -1.61. The first-order valence-corrected chi connectivity index (χ1v) is 5.86. The van der Waals surface area contributed by atoms with E-state index in [4.69, 9.17) is 0 Å². The number of aryl methyl sites for hydroxylation is 2. The molecule has 1 atom stereocenters. The second-order valence-corrected chi connectivity index (χ2v) is 4.47. The number of nitrogens with zero attached hydrogens (tertiary/aromatic N) is 2. The lowest BCUT2D eigenvalue weighted by Gasteiger charge is -2.11. The van der Waals surface area contributed by atoms with Crippen molar-refractivity contribution in [3.8, 4) is 0 Å². The van der Waals surface area contributed by atoms with Gasteiger partial charge in [0.2, 0.25) is 0 Å². The SMILES string of the molecule is Cc1ccccc1CC(O)Cc1ccn(C)n1. The van der Waals surface area contributed by atoms with Crippen LogP contribution in [0.15, 0.2) is 36.5 Å². The van der Waals surface area contributed by atoms with Crippen LogP contribution in [0.2, 0.25) is 0 Å². The molecule has 1 heterocycles. The standard InChI is InChI=1S/C14H18N2O/c1-11-5-3-4-6-12(11)9-14(17)10-13-7-8-16(2)15-13/h3-8,14,17H,9-10H2,1-2H3. The fourth-order valence-electron chi connectivity index (χ4n) is 1.98. The van der Waals surface area contributed by atoms with Gasteiger partial charge in [-0.25, -0.2) is 0 Å². The summed E-state index contributed by atoms with van der Waals surface area (Å²) in [5.41, 5.74) is 3.37. The maximum atomic E-state index is 10.0. The van der Waals surface area contributed by atoms with Gasteiger partial charge in [0.25, 0.3) is 0 Å². The van der Waals surface area contributed by atoms with Gasteiger partial charge in [-0.2, -0.15) is 5.10 Å². The highest BCUT2D eigenvalue weighted by Gasteiger charge is 2.09. The smallest absolute Gasteiger partial charge is 0.0650 e.